The van der Waals surface area contributed by atoms with Gasteiger partial charge >= 0.3 is 0 Å². The van der Waals surface area contributed by atoms with Crippen LogP contribution in [0.2, 0.25) is 0 Å². The van der Waals surface area contributed by atoms with Crippen molar-refractivity contribution in [1.29, 1.82) is 0 Å². The second-order valence-electron chi connectivity index (χ2n) is 6.34. The standard InChI is InChI=1S/C23H22BrN3O2/c1-2-27(19-8-4-3-5-9-19)23(29)17-12-14-18(15-13-17)25-16-22(28)26-21-11-7-6-10-20(21)24/h3-15,25H,2,16H2,1H3,(H,26,28). The number of carbonyl (C=O) groups is 2. The summed E-state index contributed by atoms with van der Waals surface area (Å²) in [5.74, 6) is -0.213. The molecule has 0 aromatic heterocycles. The average molecular weight is 452 g/mol. The van der Waals surface area contributed by atoms with Crippen LogP contribution in [0.4, 0.5) is 17.1 Å². The van der Waals surface area contributed by atoms with Gasteiger partial charge < -0.3 is 15.5 Å². The van der Waals surface area contributed by atoms with Crippen molar-refractivity contribution in [3.05, 3.63) is 88.9 Å². The van der Waals surface area contributed by atoms with Crippen LogP contribution in [0.3, 0.4) is 0 Å². The molecule has 0 fully saturated rings. The van der Waals surface area contributed by atoms with Gasteiger partial charge in [-0.25, -0.2) is 0 Å². The van der Waals surface area contributed by atoms with Crippen LogP contribution in [0.15, 0.2) is 83.3 Å². The fourth-order valence-electron chi connectivity index (χ4n) is 2.88. The van der Waals surface area contributed by atoms with Crippen LogP contribution in [0.25, 0.3) is 0 Å². The summed E-state index contributed by atoms with van der Waals surface area (Å²) < 4.78 is 0.829. The minimum atomic E-state index is -0.154. The van der Waals surface area contributed by atoms with Crippen molar-refractivity contribution in [2.75, 3.05) is 28.6 Å². The molecule has 3 aromatic carbocycles. The summed E-state index contributed by atoms with van der Waals surface area (Å²) in [5, 5.41) is 5.91. The van der Waals surface area contributed by atoms with Crippen LogP contribution in [-0.2, 0) is 4.79 Å². The van der Waals surface area contributed by atoms with E-state index in [0.29, 0.717) is 12.1 Å². The molecule has 0 aliphatic rings. The molecule has 0 heterocycles. The highest BCUT2D eigenvalue weighted by molar-refractivity contribution is 9.10. The molecule has 3 rings (SSSR count). The second-order valence-corrected chi connectivity index (χ2v) is 7.20. The lowest BCUT2D eigenvalue weighted by Crippen LogP contribution is -2.30. The van der Waals surface area contributed by atoms with Crippen molar-refractivity contribution in [2.45, 2.75) is 6.92 Å². The van der Waals surface area contributed by atoms with E-state index >= 15 is 0 Å². The van der Waals surface area contributed by atoms with Gasteiger partial charge in [0.25, 0.3) is 5.91 Å². The van der Waals surface area contributed by atoms with Crippen LogP contribution in [0, 0.1) is 0 Å². The molecule has 0 aliphatic carbocycles. The zero-order valence-corrected chi connectivity index (χ0v) is 17.6. The summed E-state index contributed by atoms with van der Waals surface area (Å²) in [6, 6.07) is 24.2. The first-order chi connectivity index (χ1) is 14.1. The van der Waals surface area contributed by atoms with Gasteiger partial charge in [0, 0.05) is 28.0 Å². The van der Waals surface area contributed by atoms with E-state index in [2.05, 4.69) is 26.6 Å². The van der Waals surface area contributed by atoms with E-state index in [1.54, 1.807) is 29.2 Å². The Labute approximate surface area is 178 Å². The van der Waals surface area contributed by atoms with Crippen molar-refractivity contribution in [2.24, 2.45) is 0 Å². The Morgan fingerprint density at radius 2 is 1.55 bits per heavy atom. The molecule has 0 bridgehead atoms. The van der Waals surface area contributed by atoms with E-state index in [1.165, 1.54) is 0 Å². The van der Waals surface area contributed by atoms with Gasteiger partial charge in [-0.05, 0) is 71.4 Å². The van der Waals surface area contributed by atoms with Crippen LogP contribution < -0.4 is 15.5 Å². The number of rotatable bonds is 7. The maximum atomic E-state index is 12.8. The molecule has 148 valence electrons. The summed E-state index contributed by atoms with van der Waals surface area (Å²) >= 11 is 3.41. The minimum absolute atomic E-state index is 0.0584. The summed E-state index contributed by atoms with van der Waals surface area (Å²) in [6.45, 7) is 2.66. The van der Waals surface area contributed by atoms with E-state index in [0.717, 1.165) is 21.5 Å². The second kappa shape index (κ2) is 9.89. The molecular formula is C23H22BrN3O2. The normalized spacial score (nSPS) is 10.3. The Kier molecular flexibility index (Phi) is 7.03. The van der Waals surface area contributed by atoms with E-state index in [-0.39, 0.29) is 18.4 Å². The number of para-hydroxylation sites is 2. The fourth-order valence-corrected chi connectivity index (χ4v) is 3.26. The number of anilines is 3. The predicted molar refractivity (Wildman–Crippen MR) is 121 cm³/mol. The molecule has 0 radical (unpaired) electrons. The topological polar surface area (TPSA) is 61.4 Å². The lowest BCUT2D eigenvalue weighted by atomic mass is 10.1. The van der Waals surface area contributed by atoms with Crippen LogP contribution in [0.1, 0.15) is 17.3 Å². The Morgan fingerprint density at radius 3 is 2.21 bits per heavy atom. The van der Waals surface area contributed by atoms with Crippen molar-refractivity contribution >= 4 is 44.8 Å². The van der Waals surface area contributed by atoms with Crippen molar-refractivity contribution < 1.29 is 9.59 Å². The van der Waals surface area contributed by atoms with Gasteiger partial charge in [-0.3, -0.25) is 9.59 Å². The minimum Gasteiger partial charge on any atom is -0.376 e. The first-order valence-corrected chi connectivity index (χ1v) is 10.1. The van der Waals surface area contributed by atoms with Crippen molar-refractivity contribution in [3.63, 3.8) is 0 Å². The van der Waals surface area contributed by atoms with Gasteiger partial charge in [-0.2, -0.15) is 0 Å². The zero-order valence-electron chi connectivity index (χ0n) is 16.1. The average Bonchev–Trinajstić information content (AvgIpc) is 2.75. The number of benzene rings is 3. The molecule has 0 aliphatic heterocycles. The number of nitrogens with one attached hydrogen (secondary N) is 2. The number of carbonyl (C=O) groups excluding carboxylic acids is 2. The molecule has 0 unspecified atom stereocenters. The Bertz CT molecular complexity index is 975. The lowest BCUT2D eigenvalue weighted by molar-refractivity contribution is -0.114. The summed E-state index contributed by atoms with van der Waals surface area (Å²) in [5.41, 5.74) is 2.96. The van der Waals surface area contributed by atoms with E-state index in [1.807, 2.05) is 61.5 Å². The highest BCUT2D eigenvalue weighted by Gasteiger charge is 2.15. The van der Waals surface area contributed by atoms with Crippen molar-refractivity contribution in [1.82, 2.24) is 0 Å². The quantitative estimate of drug-likeness (QED) is 0.520. The van der Waals surface area contributed by atoms with Gasteiger partial charge in [0.05, 0.1) is 12.2 Å². The molecular weight excluding hydrogens is 430 g/mol. The van der Waals surface area contributed by atoms with Gasteiger partial charge in [-0.1, -0.05) is 30.3 Å². The Morgan fingerprint density at radius 1 is 0.897 bits per heavy atom. The van der Waals surface area contributed by atoms with Gasteiger partial charge in [-0.15, -0.1) is 0 Å². The smallest absolute Gasteiger partial charge is 0.258 e. The number of amides is 2. The number of hydrogen-bond acceptors (Lipinski definition) is 3. The van der Waals surface area contributed by atoms with Crippen molar-refractivity contribution in [3.8, 4) is 0 Å². The molecule has 29 heavy (non-hydrogen) atoms. The molecule has 0 atom stereocenters. The Balaban J connectivity index is 1.59. The summed E-state index contributed by atoms with van der Waals surface area (Å²) in [7, 11) is 0. The number of halogens is 1. The fraction of sp³-hybridized carbons (Fsp3) is 0.130. The summed E-state index contributed by atoms with van der Waals surface area (Å²) in [4.78, 5) is 26.7. The Hall–Kier alpha value is -3.12. The number of nitrogens with zero attached hydrogens (tertiary/aromatic N) is 1. The molecule has 2 amide bonds. The molecule has 0 saturated heterocycles. The third-order valence-corrected chi connectivity index (χ3v) is 5.05. The summed E-state index contributed by atoms with van der Waals surface area (Å²) in [6.07, 6.45) is 0. The van der Waals surface area contributed by atoms with Gasteiger partial charge in [0.15, 0.2) is 0 Å². The molecule has 0 saturated carbocycles. The SMILES string of the molecule is CCN(C(=O)c1ccc(NCC(=O)Nc2ccccc2Br)cc1)c1ccccc1. The highest BCUT2D eigenvalue weighted by atomic mass is 79.9. The van der Waals surface area contributed by atoms with Gasteiger partial charge in [0.1, 0.15) is 0 Å². The largest absolute Gasteiger partial charge is 0.376 e. The molecule has 6 heteroatoms. The van der Waals surface area contributed by atoms with Crippen LogP contribution in [-0.4, -0.2) is 24.9 Å². The van der Waals surface area contributed by atoms with E-state index in [4.69, 9.17) is 0 Å². The first kappa shape index (κ1) is 20.6. The molecule has 5 nitrogen and oxygen atoms in total. The third kappa shape index (κ3) is 5.45. The number of hydrogen-bond donors (Lipinski definition) is 2. The van der Waals surface area contributed by atoms with Crippen LogP contribution in [0.5, 0.6) is 0 Å². The highest BCUT2D eigenvalue weighted by Crippen LogP contribution is 2.21. The lowest BCUT2D eigenvalue weighted by Gasteiger charge is -2.21. The molecule has 3 aromatic rings. The zero-order chi connectivity index (χ0) is 20.6. The molecule has 0 spiro atoms. The molecule has 2 N–H and O–H groups in total. The maximum Gasteiger partial charge on any atom is 0.258 e. The van der Waals surface area contributed by atoms with E-state index < -0.39 is 0 Å². The monoisotopic (exact) mass is 451 g/mol. The van der Waals surface area contributed by atoms with Crippen LogP contribution >= 0.6 is 15.9 Å². The first-order valence-electron chi connectivity index (χ1n) is 9.33. The predicted octanol–water partition coefficient (Wildman–Crippen LogP) is 5.17. The maximum absolute atomic E-state index is 12.8. The van der Waals surface area contributed by atoms with E-state index in [9.17, 15) is 9.59 Å². The van der Waals surface area contributed by atoms with Gasteiger partial charge in [0.2, 0.25) is 5.91 Å². The third-order valence-electron chi connectivity index (χ3n) is 4.36.